The molecule has 2 aromatic carbocycles. The Kier molecular flexibility index (Phi) is 5.55. The number of piperidine rings is 1. The van der Waals surface area contributed by atoms with Gasteiger partial charge in [0.25, 0.3) is 0 Å². The van der Waals surface area contributed by atoms with Gasteiger partial charge in [0.1, 0.15) is 11.5 Å². The van der Waals surface area contributed by atoms with Crippen molar-refractivity contribution >= 4 is 16.8 Å². The summed E-state index contributed by atoms with van der Waals surface area (Å²) in [5.74, 6) is 1.98. The third kappa shape index (κ3) is 3.73. The van der Waals surface area contributed by atoms with Crippen molar-refractivity contribution in [2.24, 2.45) is 0 Å². The van der Waals surface area contributed by atoms with E-state index in [2.05, 4.69) is 22.4 Å². The highest BCUT2D eigenvalue weighted by Crippen LogP contribution is 2.41. The zero-order chi connectivity index (χ0) is 22.1. The smallest absolute Gasteiger partial charge is 0.222 e. The normalized spacial score (nSPS) is 17.4. The molecule has 1 fully saturated rings. The van der Waals surface area contributed by atoms with Crippen LogP contribution >= 0.6 is 0 Å². The molecule has 0 radical (unpaired) electrons. The number of carbonyl (C=O) groups excluding carboxylic acids is 1. The van der Waals surface area contributed by atoms with Crippen LogP contribution in [-0.2, 0) is 23.2 Å². The van der Waals surface area contributed by atoms with E-state index in [4.69, 9.17) is 9.47 Å². The maximum absolute atomic E-state index is 12.9. The zero-order valence-corrected chi connectivity index (χ0v) is 18.9. The van der Waals surface area contributed by atoms with Gasteiger partial charge >= 0.3 is 0 Å². The van der Waals surface area contributed by atoms with Crippen molar-refractivity contribution in [3.63, 3.8) is 0 Å². The molecule has 6 nitrogen and oxygen atoms in total. The number of rotatable bonds is 5. The number of likely N-dealkylation sites (tertiary alicyclic amines) is 1. The predicted octanol–water partition coefficient (Wildman–Crippen LogP) is 3.78. The molecule has 2 N–H and O–H groups in total. The van der Waals surface area contributed by atoms with E-state index < -0.39 is 0 Å². The first-order valence-corrected chi connectivity index (χ1v) is 11.5. The van der Waals surface area contributed by atoms with Crippen molar-refractivity contribution in [2.45, 2.75) is 37.6 Å². The minimum atomic E-state index is -0.0768. The maximum Gasteiger partial charge on any atom is 0.222 e. The number of hydrogen-bond donors (Lipinski definition) is 2. The van der Waals surface area contributed by atoms with E-state index in [0.29, 0.717) is 6.42 Å². The Morgan fingerprint density at radius 3 is 2.47 bits per heavy atom. The van der Waals surface area contributed by atoms with Gasteiger partial charge in [-0.1, -0.05) is 12.1 Å². The first-order valence-electron chi connectivity index (χ1n) is 11.5. The largest absolute Gasteiger partial charge is 0.497 e. The summed E-state index contributed by atoms with van der Waals surface area (Å²) in [5.41, 5.74) is 4.96. The third-order valence-electron chi connectivity index (χ3n) is 7.19. The molecule has 0 atom stereocenters. The van der Waals surface area contributed by atoms with Crippen molar-refractivity contribution in [1.82, 2.24) is 15.2 Å². The van der Waals surface area contributed by atoms with Gasteiger partial charge in [0.15, 0.2) is 0 Å². The molecule has 0 aliphatic carbocycles. The predicted molar refractivity (Wildman–Crippen MR) is 125 cm³/mol. The van der Waals surface area contributed by atoms with Gasteiger partial charge in [-0.2, -0.15) is 0 Å². The molecule has 0 bridgehead atoms. The number of aryl methyl sites for hydroxylation is 1. The molecule has 1 saturated heterocycles. The lowest BCUT2D eigenvalue weighted by molar-refractivity contribution is -0.133. The number of aromatic nitrogens is 1. The molecule has 1 aromatic heterocycles. The lowest BCUT2D eigenvalue weighted by Gasteiger charge is -2.45. The molecule has 32 heavy (non-hydrogen) atoms. The van der Waals surface area contributed by atoms with Gasteiger partial charge in [-0.25, -0.2) is 0 Å². The Hall–Kier alpha value is -2.99. The van der Waals surface area contributed by atoms with Gasteiger partial charge in [0, 0.05) is 42.7 Å². The Labute approximate surface area is 188 Å². The van der Waals surface area contributed by atoms with Crippen LogP contribution in [0.5, 0.6) is 11.5 Å². The second-order valence-corrected chi connectivity index (χ2v) is 8.88. The summed E-state index contributed by atoms with van der Waals surface area (Å²) >= 11 is 0. The Balaban J connectivity index is 1.26. The fourth-order valence-electron chi connectivity index (χ4n) is 5.30. The van der Waals surface area contributed by atoms with Crippen LogP contribution in [0.1, 0.15) is 36.1 Å². The highest BCUT2D eigenvalue weighted by molar-refractivity contribution is 5.87. The Morgan fingerprint density at radius 2 is 1.75 bits per heavy atom. The molecular formula is C26H31N3O3. The number of carbonyl (C=O) groups is 1. The second-order valence-electron chi connectivity index (χ2n) is 8.88. The van der Waals surface area contributed by atoms with Crippen LogP contribution < -0.4 is 14.8 Å². The number of nitrogens with one attached hydrogen (secondary N) is 2. The quantitative estimate of drug-likeness (QED) is 0.643. The SMILES string of the molecule is COc1ccc(CCC(=O)N2CCC3(CC2)NCCc2c3[nH]c3ccc(OC)cc23)cc1. The maximum atomic E-state index is 12.9. The molecule has 2 aliphatic rings. The fraction of sp³-hybridized carbons (Fsp3) is 0.423. The molecule has 3 heterocycles. The molecule has 0 saturated carbocycles. The summed E-state index contributed by atoms with van der Waals surface area (Å²) in [5, 5.41) is 5.06. The van der Waals surface area contributed by atoms with Crippen molar-refractivity contribution in [1.29, 1.82) is 0 Å². The number of fused-ring (bicyclic) bond motifs is 4. The summed E-state index contributed by atoms with van der Waals surface area (Å²) in [6, 6.07) is 14.2. The minimum absolute atomic E-state index is 0.0768. The minimum Gasteiger partial charge on any atom is -0.497 e. The monoisotopic (exact) mass is 433 g/mol. The standard InChI is InChI=1S/C26H31N3O3/c1-31-19-6-3-18(4-7-19)5-10-24(30)29-15-12-26(13-16-29)25-21(11-14-27-26)22-17-20(32-2)8-9-23(22)28-25/h3-4,6-9,17,27-28H,5,10-16H2,1-2H3. The highest BCUT2D eigenvalue weighted by Gasteiger charge is 2.42. The molecule has 168 valence electrons. The van der Waals surface area contributed by atoms with Crippen LogP contribution in [0.25, 0.3) is 10.9 Å². The van der Waals surface area contributed by atoms with Gasteiger partial charge in [0.2, 0.25) is 5.91 Å². The number of amides is 1. The van der Waals surface area contributed by atoms with E-state index in [1.807, 2.05) is 35.2 Å². The highest BCUT2D eigenvalue weighted by atomic mass is 16.5. The summed E-state index contributed by atoms with van der Waals surface area (Å²) < 4.78 is 10.7. The molecule has 3 aromatic rings. The van der Waals surface area contributed by atoms with E-state index in [-0.39, 0.29) is 11.4 Å². The molecule has 1 spiro atoms. The van der Waals surface area contributed by atoms with Crippen molar-refractivity contribution in [3.8, 4) is 11.5 Å². The number of aromatic amines is 1. The van der Waals surface area contributed by atoms with Crippen molar-refractivity contribution < 1.29 is 14.3 Å². The van der Waals surface area contributed by atoms with Crippen molar-refractivity contribution in [2.75, 3.05) is 33.9 Å². The summed E-state index contributed by atoms with van der Waals surface area (Å²) in [7, 11) is 3.38. The van der Waals surface area contributed by atoms with E-state index in [1.165, 1.54) is 22.2 Å². The lowest BCUT2D eigenvalue weighted by atomic mass is 9.79. The number of nitrogens with zero attached hydrogens (tertiary/aromatic N) is 1. The van der Waals surface area contributed by atoms with Crippen LogP contribution in [0, 0.1) is 0 Å². The summed E-state index contributed by atoms with van der Waals surface area (Å²) in [4.78, 5) is 18.6. The van der Waals surface area contributed by atoms with Crippen LogP contribution in [0.4, 0.5) is 0 Å². The van der Waals surface area contributed by atoms with E-state index in [0.717, 1.165) is 62.3 Å². The van der Waals surface area contributed by atoms with E-state index in [1.54, 1.807) is 14.2 Å². The van der Waals surface area contributed by atoms with Gasteiger partial charge in [0.05, 0.1) is 19.8 Å². The van der Waals surface area contributed by atoms with E-state index >= 15 is 0 Å². The molecule has 5 rings (SSSR count). The number of H-pyrrole nitrogens is 1. The van der Waals surface area contributed by atoms with Gasteiger partial charge in [-0.3, -0.25) is 4.79 Å². The number of hydrogen-bond acceptors (Lipinski definition) is 4. The molecule has 0 unspecified atom stereocenters. The van der Waals surface area contributed by atoms with Crippen molar-refractivity contribution in [3.05, 3.63) is 59.3 Å². The molecule has 1 amide bonds. The first-order chi connectivity index (χ1) is 15.6. The zero-order valence-electron chi connectivity index (χ0n) is 18.9. The van der Waals surface area contributed by atoms with Crippen LogP contribution in [0.3, 0.4) is 0 Å². The Bertz CT molecular complexity index is 1110. The average molecular weight is 434 g/mol. The fourth-order valence-corrected chi connectivity index (χ4v) is 5.30. The summed E-state index contributed by atoms with van der Waals surface area (Å²) in [6.45, 7) is 2.53. The van der Waals surface area contributed by atoms with Gasteiger partial charge in [-0.05, 0) is 67.1 Å². The Morgan fingerprint density at radius 1 is 1.03 bits per heavy atom. The third-order valence-corrected chi connectivity index (χ3v) is 7.19. The van der Waals surface area contributed by atoms with Gasteiger partial charge < -0.3 is 24.7 Å². The first kappa shape index (κ1) is 20.9. The lowest BCUT2D eigenvalue weighted by Crippen LogP contribution is -2.55. The number of methoxy groups -OCH3 is 2. The number of benzene rings is 2. The summed E-state index contributed by atoms with van der Waals surface area (Å²) in [6.07, 6.45) is 4.17. The average Bonchev–Trinajstić information content (AvgIpc) is 3.23. The van der Waals surface area contributed by atoms with Crippen LogP contribution in [-0.4, -0.2) is 49.6 Å². The van der Waals surface area contributed by atoms with E-state index in [9.17, 15) is 4.79 Å². The molecule has 6 heteroatoms. The van der Waals surface area contributed by atoms with Gasteiger partial charge in [-0.15, -0.1) is 0 Å². The topological polar surface area (TPSA) is 66.6 Å². The second kappa shape index (κ2) is 8.51. The molecular weight excluding hydrogens is 402 g/mol. The van der Waals surface area contributed by atoms with Crippen LogP contribution in [0.2, 0.25) is 0 Å². The van der Waals surface area contributed by atoms with Crippen LogP contribution in [0.15, 0.2) is 42.5 Å². The number of ether oxygens (including phenoxy) is 2. The molecule has 2 aliphatic heterocycles.